The maximum absolute atomic E-state index is 12.2. The molecule has 2 bridgehead atoms. The number of carbonyl (C=O) groups excluding carboxylic acids is 1. The maximum Gasteiger partial charge on any atom is 0.223 e. The average Bonchev–Trinajstić information content (AvgIpc) is 2.88. The van der Waals surface area contributed by atoms with E-state index in [1.54, 1.807) is 12.5 Å². The molecule has 0 radical (unpaired) electrons. The monoisotopic (exact) mass is 298 g/mol. The van der Waals surface area contributed by atoms with Crippen LogP contribution in [0.15, 0.2) is 12.5 Å². The van der Waals surface area contributed by atoms with Gasteiger partial charge in [-0.3, -0.25) is 4.79 Å². The number of hydrogen-bond donors (Lipinski definition) is 3. The van der Waals surface area contributed by atoms with Gasteiger partial charge in [-0.05, 0) is 37.5 Å². The first-order valence-corrected chi connectivity index (χ1v) is 7.24. The fraction of sp³-hybridized carbons (Fsp3) is 0.714. The summed E-state index contributed by atoms with van der Waals surface area (Å²) in [5, 5.41) is 3.01. The van der Waals surface area contributed by atoms with Crippen molar-refractivity contribution in [3.63, 3.8) is 0 Å². The van der Waals surface area contributed by atoms with E-state index >= 15 is 0 Å². The second-order valence-electron chi connectivity index (χ2n) is 5.99. The lowest BCUT2D eigenvalue weighted by atomic mass is 9.65. The molecule has 2 unspecified atom stereocenters. The van der Waals surface area contributed by atoms with Gasteiger partial charge in [0, 0.05) is 18.2 Å². The van der Waals surface area contributed by atoms with Crippen LogP contribution in [0, 0.1) is 17.8 Å². The molecule has 1 aromatic heterocycles. The zero-order chi connectivity index (χ0) is 13.2. The summed E-state index contributed by atoms with van der Waals surface area (Å²) in [5.74, 6) is 1.43. The van der Waals surface area contributed by atoms with Gasteiger partial charge < -0.3 is 16.0 Å². The van der Waals surface area contributed by atoms with E-state index in [4.69, 9.17) is 5.73 Å². The van der Waals surface area contributed by atoms with Crippen LogP contribution >= 0.6 is 12.4 Å². The van der Waals surface area contributed by atoms with Gasteiger partial charge in [0.15, 0.2) is 0 Å². The molecule has 0 aliphatic heterocycles. The summed E-state index contributed by atoms with van der Waals surface area (Å²) in [6.07, 6.45) is 8.98. The molecule has 2 fully saturated rings. The number of rotatable bonds is 3. The molecular formula is C14H23ClN4O. The Labute approximate surface area is 125 Å². The van der Waals surface area contributed by atoms with E-state index in [9.17, 15) is 4.79 Å². The summed E-state index contributed by atoms with van der Waals surface area (Å²) >= 11 is 0. The van der Waals surface area contributed by atoms with Gasteiger partial charge in [0.1, 0.15) is 0 Å². The smallest absolute Gasteiger partial charge is 0.223 e. The van der Waals surface area contributed by atoms with Crippen LogP contribution in [-0.2, 0) is 11.3 Å². The van der Waals surface area contributed by atoms with Crippen LogP contribution in [0.2, 0.25) is 0 Å². The minimum absolute atomic E-state index is 0. The molecule has 2 saturated carbocycles. The van der Waals surface area contributed by atoms with Crippen molar-refractivity contribution in [2.75, 3.05) is 0 Å². The van der Waals surface area contributed by atoms with E-state index < -0.39 is 0 Å². The van der Waals surface area contributed by atoms with E-state index in [1.165, 1.54) is 19.3 Å². The largest absolute Gasteiger partial charge is 0.350 e. The summed E-state index contributed by atoms with van der Waals surface area (Å²) in [6.45, 7) is 0.538. The lowest BCUT2D eigenvalue weighted by Gasteiger charge is -2.43. The Kier molecular flexibility index (Phi) is 5.05. The van der Waals surface area contributed by atoms with Crippen molar-refractivity contribution in [1.82, 2.24) is 15.3 Å². The summed E-state index contributed by atoms with van der Waals surface area (Å²) in [4.78, 5) is 19.2. The molecule has 112 valence electrons. The quantitative estimate of drug-likeness (QED) is 0.792. The number of fused-ring (bicyclic) bond motifs is 2. The minimum atomic E-state index is 0. The van der Waals surface area contributed by atoms with Crippen molar-refractivity contribution in [3.05, 3.63) is 18.2 Å². The number of aromatic amines is 1. The summed E-state index contributed by atoms with van der Waals surface area (Å²) in [5.41, 5.74) is 7.20. The minimum Gasteiger partial charge on any atom is -0.350 e. The highest BCUT2D eigenvalue weighted by molar-refractivity contribution is 5.85. The normalized spacial score (nSPS) is 32.2. The van der Waals surface area contributed by atoms with Crippen LogP contribution < -0.4 is 11.1 Å². The first-order valence-electron chi connectivity index (χ1n) is 7.24. The van der Waals surface area contributed by atoms with Crippen LogP contribution in [0.1, 0.15) is 37.8 Å². The molecule has 2 aliphatic carbocycles. The third-order valence-electron chi connectivity index (χ3n) is 4.79. The van der Waals surface area contributed by atoms with Crippen molar-refractivity contribution in [2.45, 2.75) is 44.7 Å². The topological polar surface area (TPSA) is 83.8 Å². The number of amides is 1. The average molecular weight is 299 g/mol. The second kappa shape index (κ2) is 6.59. The van der Waals surface area contributed by atoms with Gasteiger partial charge in [0.05, 0.1) is 18.6 Å². The highest BCUT2D eigenvalue weighted by Gasteiger charge is 2.40. The lowest BCUT2D eigenvalue weighted by Crippen LogP contribution is -2.49. The number of aromatic nitrogens is 2. The molecule has 0 spiro atoms. The Morgan fingerprint density at radius 2 is 2.10 bits per heavy atom. The number of imidazole rings is 1. The molecular weight excluding hydrogens is 276 g/mol. The number of H-pyrrole nitrogens is 1. The van der Waals surface area contributed by atoms with Gasteiger partial charge in [-0.15, -0.1) is 12.4 Å². The Morgan fingerprint density at radius 3 is 2.70 bits per heavy atom. The maximum atomic E-state index is 12.2. The molecule has 1 aromatic rings. The molecule has 1 heterocycles. The van der Waals surface area contributed by atoms with Gasteiger partial charge in [-0.1, -0.05) is 6.42 Å². The number of nitrogens with one attached hydrogen (secondary N) is 2. The molecule has 6 heteroatoms. The Hall–Kier alpha value is -1.07. The Morgan fingerprint density at radius 1 is 1.40 bits per heavy atom. The summed E-state index contributed by atoms with van der Waals surface area (Å²) in [6, 6.07) is 0.324. The molecule has 3 rings (SSSR count). The molecule has 4 N–H and O–H groups in total. The zero-order valence-electron chi connectivity index (χ0n) is 11.5. The van der Waals surface area contributed by atoms with Crippen molar-refractivity contribution >= 4 is 18.3 Å². The van der Waals surface area contributed by atoms with Crippen LogP contribution in [0.3, 0.4) is 0 Å². The highest BCUT2D eigenvalue weighted by atomic mass is 35.5. The molecule has 0 saturated heterocycles. The van der Waals surface area contributed by atoms with E-state index in [2.05, 4.69) is 15.3 Å². The van der Waals surface area contributed by atoms with Crippen LogP contribution in [-0.4, -0.2) is 21.9 Å². The third-order valence-corrected chi connectivity index (χ3v) is 4.79. The molecule has 2 atom stereocenters. The number of hydrogen-bond acceptors (Lipinski definition) is 3. The fourth-order valence-electron chi connectivity index (χ4n) is 3.71. The number of nitrogens with zero attached hydrogens (tertiary/aromatic N) is 1. The van der Waals surface area contributed by atoms with E-state index in [-0.39, 0.29) is 24.2 Å². The molecule has 0 aromatic carbocycles. The van der Waals surface area contributed by atoms with Gasteiger partial charge in [0.2, 0.25) is 5.91 Å². The van der Waals surface area contributed by atoms with Crippen LogP contribution in [0.25, 0.3) is 0 Å². The molecule has 5 nitrogen and oxygen atoms in total. The summed E-state index contributed by atoms with van der Waals surface area (Å²) < 4.78 is 0. The van der Waals surface area contributed by atoms with Crippen molar-refractivity contribution in [2.24, 2.45) is 23.5 Å². The van der Waals surface area contributed by atoms with Crippen molar-refractivity contribution < 1.29 is 4.79 Å². The van der Waals surface area contributed by atoms with Crippen molar-refractivity contribution in [1.29, 1.82) is 0 Å². The molecule has 2 aliphatic rings. The third kappa shape index (κ3) is 3.15. The van der Waals surface area contributed by atoms with Gasteiger partial charge in [-0.25, -0.2) is 4.98 Å². The molecule has 1 amide bonds. The first-order chi connectivity index (χ1) is 9.24. The lowest BCUT2D eigenvalue weighted by molar-refractivity contribution is -0.128. The van der Waals surface area contributed by atoms with Crippen LogP contribution in [0.5, 0.6) is 0 Å². The van der Waals surface area contributed by atoms with Gasteiger partial charge in [-0.2, -0.15) is 0 Å². The van der Waals surface area contributed by atoms with E-state index in [0.717, 1.165) is 18.5 Å². The Bertz CT molecular complexity index is 422. The van der Waals surface area contributed by atoms with Gasteiger partial charge >= 0.3 is 0 Å². The number of carbonyl (C=O) groups is 1. The zero-order valence-corrected chi connectivity index (χ0v) is 12.4. The SMILES string of the molecule is Cl.NC1C2CCCC1CC(C(=O)NCc1cnc[nH]1)C2. The second-order valence-corrected chi connectivity index (χ2v) is 5.99. The predicted octanol–water partition coefficient (Wildman–Crippen LogP) is 1.60. The van der Waals surface area contributed by atoms with Crippen molar-refractivity contribution in [3.8, 4) is 0 Å². The van der Waals surface area contributed by atoms with Gasteiger partial charge in [0.25, 0.3) is 0 Å². The van der Waals surface area contributed by atoms with E-state index in [0.29, 0.717) is 24.4 Å². The standard InChI is InChI=1S/C14H22N4O.ClH/c15-13-9-2-1-3-10(13)5-11(4-9)14(19)17-7-12-6-16-8-18-12;/h6,8-11,13H,1-5,7,15H2,(H,16,18)(H,17,19);1H. The number of halogens is 1. The van der Waals surface area contributed by atoms with Crippen LogP contribution in [0.4, 0.5) is 0 Å². The Balaban J connectivity index is 0.00000147. The fourth-order valence-corrected chi connectivity index (χ4v) is 3.71. The summed E-state index contributed by atoms with van der Waals surface area (Å²) in [7, 11) is 0. The van der Waals surface area contributed by atoms with E-state index in [1.807, 2.05) is 0 Å². The number of nitrogens with two attached hydrogens (primary N) is 1. The first kappa shape index (κ1) is 15.3. The predicted molar refractivity (Wildman–Crippen MR) is 79.2 cm³/mol. The molecule has 20 heavy (non-hydrogen) atoms. The highest BCUT2D eigenvalue weighted by Crippen LogP contribution is 2.41.